The maximum atomic E-state index is 12.6. The van der Waals surface area contributed by atoms with E-state index in [4.69, 9.17) is 16.3 Å². The number of amides is 2. The molecule has 0 aromatic heterocycles. The van der Waals surface area contributed by atoms with Gasteiger partial charge >= 0.3 is 0 Å². The first-order valence-electron chi connectivity index (χ1n) is 7.20. The first kappa shape index (κ1) is 16.1. The summed E-state index contributed by atoms with van der Waals surface area (Å²) >= 11 is 5.84. The molecule has 0 saturated carbocycles. The number of benzene rings is 2. The van der Waals surface area contributed by atoms with Crippen molar-refractivity contribution in [3.8, 4) is 11.5 Å². The summed E-state index contributed by atoms with van der Waals surface area (Å²) in [6.07, 6.45) is 1.64. The van der Waals surface area contributed by atoms with Gasteiger partial charge in [0.05, 0.1) is 19.2 Å². The Labute approximate surface area is 143 Å². The van der Waals surface area contributed by atoms with Gasteiger partial charge in [0.1, 0.15) is 0 Å². The van der Waals surface area contributed by atoms with Gasteiger partial charge in [-0.05, 0) is 48.0 Å². The summed E-state index contributed by atoms with van der Waals surface area (Å²) in [6.45, 7) is 0. The van der Waals surface area contributed by atoms with Crippen LogP contribution in [0.5, 0.6) is 11.5 Å². The smallest absolute Gasteiger partial charge is 0.261 e. The fraction of sp³-hybridized carbons (Fsp3) is 0.111. The summed E-state index contributed by atoms with van der Waals surface area (Å²) in [5.74, 6) is -0.347. The molecule has 1 aliphatic rings. The number of anilines is 1. The van der Waals surface area contributed by atoms with Crippen molar-refractivity contribution in [3.05, 3.63) is 58.6 Å². The van der Waals surface area contributed by atoms with Crippen molar-refractivity contribution in [2.45, 2.75) is 6.42 Å². The number of carbonyl (C=O) groups is 2. The maximum absolute atomic E-state index is 12.6. The molecular formula is C18H14ClNO4. The lowest BCUT2D eigenvalue weighted by Gasteiger charge is -2.13. The van der Waals surface area contributed by atoms with Crippen molar-refractivity contribution in [2.24, 2.45) is 0 Å². The van der Waals surface area contributed by atoms with Gasteiger partial charge in [0.25, 0.3) is 5.91 Å². The average Bonchev–Trinajstić information content (AvgIpc) is 2.84. The summed E-state index contributed by atoms with van der Waals surface area (Å²) < 4.78 is 5.05. The van der Waals surface area contributed by atoms with E-state index in [2.05, 4.69) is 0 Å². The Morgan fingerprint density at radius 3 is 2.54 bits per heavy atom. The third-order valence-corrected chi connectivity index (χ3v) is 3.95. The Morgan fingerprint density at radius 1 is 1.17 bits per heavy atom. The number of phenolic OH excluding ortho intramolecular Hbond substituents is 1. The first-order valence-corrected chi connectivity index (χ1v) is 7.58. The van der Waals surface area contributed by atoms with Gasteiger partial charge in [-0.1, -0.05) is 17.7 Å². The molecule has 1 heterocycles. The van der Waals surface area contributed by atoms with Crippen LogP contribution >= 0.6 is 11.6 Å². The lowest BCUT2D eigenvalue weighted by Crippen LogP contribution is -2.28. The SMILES string of the molecule is COc1cc(C=C2CC(=O)N(c3ccc(Cl)cc3)C2=O)ccc1O. The van der Waals surface area contributed by atoms with Crippen molar-refractivity contribution >= 4 is 35.2 Å². The molecule has 0 spiro atoms. The molecule has 2 aromatic rings. The zero-order valence-electron chi connectivity index (χ0n) is 12.8. The minimum Gasteiger partial charge on any atom is -0.504 e. The van der Waals surface area contributed by atoms with Gasteiger partial charge < -0.3 is 9.84 Å². The van der Waals surface area contributed by atoms with Crippen molar-refractivity contribution in [1.29, 1.82) is 0 Å². The highest BCUT2D eigenvalue weighted by Crippen LogP contribution is 2.31. The molecule has 5 nitrogen and oxygen atoms in total. The molecule has 0 radical (unpaired) electrons. The standard InChI is InChI=1S/C18H14ClNO4/c1-24-16-9-11(2-7-15(16)21)8-12-10-17(22)20(18(12)23)14-5-3-13(19)4-6-14/h2-9,21H,10H2,1H3. The maximum Gasteiger partial charge on any atom is 0.261 e. The van der Waals surface area contributed by atoms with E-state index < -0.39 is 0 Å². The van der Waals surface area contributed by atoms with E-state index in [0.29, 0.717) is 27.6 Å². The number of methoxy groups -OCH3 is 1. The highest BCUT2D eigenvalue weighted by Gasteiger charge is 2.34. The van der Waals surface area contributed by atoms with Crippen LogP contribution in [-0.2, 0) is 9.59 Å². The number of hydrogen-bond donors (Lipinski definition) is 1. The Hall–Kier alpha value is -2.79. The number of nitrogens with zero attached hydrogens (tertiary/aromatic N) is 1. The van der Waals surface area contributed by atoms with E-state index in [1.165, 1.54) is 13.2 Å². The molecule has 0 bridgehead atoms. The van der Waals surface area contributed by atoms with Crippen molar-refractivity contribution in [3.63, 3.8) is 0 Å². The molecule has 3 rings (SSSR count). The van der Waals surface area contributed by atoms with Crippen molar-refractivity contribution in [1.82, 2.24) is 0 Å². The average molecular weight is 344 g/mol. The molecular weight excluding hydrogens is 330 g/mol. The van der Waals surface area contributed by atoms with Crippen LogP contribution in [0.3, 0.4) is 0 Å². The second-order valence-corrected chi connectivity index (χ2v) is 5.72. The number of halogens is 1. The van der Waals surface area contributed by atoms with Crippen LogP contribution in [0.4, 0.5) is 5.69 Å². The third-order valence-electron chi connectivity index (χ3n) is 3.70. The highest BCUT2D eigenvalue weighted by atomic mass is 35.5. The third kappa shape index (κ3) is 2.98. The Kier molecular flexibility index (Phi) is 4.27. The van der Waals surface area contributed by atoms with Gasteiger partial charge in [-0.15, -0.1) is 0 Å². The summed E-state index contributed by atoms with van der Waals surface area (Å²) in [6, 6.07) is 11.2. The molecule has 0 unspecified atom stereocenters. The molecule has 24 heavy (non-hydrogen) atoms. The largest absolute Gasteiger partial charge is 0.504 e. The van der Waals surface area contributed by atoms with Crippen LogP contribution in [0.1, 0.15) is 12.0 Å². The van der Waals surface area contributed by atoms with Crippen LogP contribution in [0, 0.1) is 0 Å². The number of imide groups is 1. The van der Waals surface area contributed by atoms with E-state index in [0.717, 1.165) is 4.90 Å². The number of phenols is 1. The van der Waals surface area contributed by atoms with E-state index >= 15 is 0 Å². The normalized spacial score (nSPS) is 16.1. The summed E-state index contributed by atoms with van der Waals surface area (Å²) in [5.41, 5.74) is 1.53. The van der Waals surface area contributed by atoms with Crippen molar-refractivity contribution < 1.29 is 19.4 Å². The van der Waals surface area contributed by atoms with Crippen LogP contribution in [0.2, 0.25) is 5.02 Å². The molecule has 122 valence electrons. The highest BCUT2D eigenvalue weighted by molar-refractivity contribution is 6.31. The van der Waals surface area contributed by atoms with Crippen LogP contribution < -0.4 is 9.64 Å². The molecule has 0 aliphatic carbocycles. The fourth-order valence-electron chi connectivity index (χ4n) is 2.52. The monoisotopic (exact) mass is 343 g/mol. The molecule has 2 aromatic carbocycles. The van der Waals surface area contributed by atoms with E-state index in [1.807, 2.05) is 0 Å². The van der Waals surface area contributed by atoms with Crippen molar-refractivity contribution in [2.75, 3.05) is 12.0 Å². The Balaban J connectivity index is 1.92. The zero-order valence-corrected chi connectivity index (χ0v) is 13.6. The molecule has 1 saturated heterocycles. The summed E-state index contributed by atoms with van der Waals surface area (Å²) in [7, 11) is 1.44. The van der Waals surface area contributed by atoms with Gasteiger partial charge in [-0.2, -0.15) is 0 Å². The summed E-state index contributed by atoms with van der Waals surface area (Å²) in [5, 5.41) is 10.1. The number of rotatable bonds is 3. The molecule has 1 N–H and O–H groups in total. The van der Waals surface area contributed by atoms with Crippen LogP contribution in [0.25, 0.3) is 6.08 Å². The lowest BCUT2D eigenvalue weighted by molar-refractivity contribution is -0.120. The number of carbonyl (C=O) groups excluding carboxylic acids is 2. The van der Waals surface area contributed by atoms with Gasteiger partial charge in [0.15, 0.2) is 11.5 Å². The summed E-state index contributed by atoms with van der Waals surface area (Å²) in [4.78, 5) is 25.9. The quantitative estimate of drug-likeness (QED) is 0.685. The molecule has 1 aliphatic heterocycles. The zero-order chi connectivity index (χ0) is 17.3. The lowest BCUT2D eigenvalue weighted by atomic mass is 10.1. The second-order valence-electron chi connectivity index (χ2n) is 5.29. The topological polar surface area (TPSA) is 66.8 Å². The van der Waals surface area contributed by atoms with Gasteiger partial charge in [0, 0.05) is 10.6 Å². The number of ether oxygens (including phenoxy) is 1. The minimum absolute atomic E-state index is 0.0104. The molecule has 6 heteroatoms. The Bertz CT molecular complexity index is 843. The van der Waals surface area contributed by atoms with E-state index in [9.17, 15) is 14.7 Å². The molecule has 1 fully saturated rings. The van der Waals surface area contributed by atoms with Crippen LogP contribution in [-0.4, -0.2) is 24.0 Å². The van der Waals surface area contributed by atoms with E-state index in [1.54, 1.807) is 42.5 Å². The predicted octanol–water partition coefficient (Wildman–Crippen LogP) is 3.40. The Morgan fingerprint density at radius 2 is 1.88 bits per heavy atom. The first-order chi connectivity index (χ1) is 11.5. The predicted molar refractivity (Wildman–Crippen MR) is 91.2 cm³/mol. The molecule has 2 amide bonds. The van der Waals surface area contributed by atoms with Gasteiger partial charge in [-0.25, -0.2) is 4.90 Å². The fourth-order valence-corrected chi connectivity index (χ4v) is 2.65. The second kappa shape index (κ2) is 6.37. The molecule has 0 atom stereocenters. The minimum atomic E-state index is -0.366. The number of aromatic hydroxyl groups is 1. The van der Waals surface area contributed by atoms with E-state index in [-0.39, 0.29) is 24.0 Å². The van der Waals surface area contributed by atoms with Crippen LogP contribution in [0.15, 0.2) is 48.0 Å². The van der Waals surface area contributed by atoms with Gasteiger partial charge in [0.2, 0.25) is 5.91 Å². The number of hydrogen-bond acceptors (Lipinski definition) is 4. The van der Waals surface area contributed by atoms with Gasteiger partial charge in [-0.3, -0.25) is 9.59 Å².